The van der Waals surface area contributed by atoms with Crippen molar-refractivity contribution in [3.8, 4) is 0 Å². The Labute approximate surface area is 155 Å². The van der Waals surface area contributed by atoms with Crippen molar-refractivity contribution in [1.82, 2.24) is 0 Å². The van der Waals surface area contributed by atoms with E-state index in [9.17, 15) is 0 Å². The van der Waals surface area contributed by atoms with Crippen molar-refractivity contribution < 1.29 is 17.7 Å². The molecule has 9 heteroatoms. The van der Waals surface area contributed by atoms with E-state index in [-0.39, 0.29) is 0 Å². The van der Waals surface area contributed by atoms with Gasteiger partial charge in [0.2, 0.25) is 0 Å². The average Bonchev–Trinajstić information content (AvgIpc) is 2.55. The molecule has 0 amide bonds. The first-order valence-corrected chi connectivity index (χ1v) is 27.9. The van der Waals surface area contributed by atoms with Crippen molar-refractivity contribution in [3.63, 3.8) is 0 Å². The Morgan fingerprint density at radius 2 is 1.00 bits per heavy atom. The Balaban J connectivity index is 3.93. The van der Waals surface area contributed by atoms with Gasteiger partial charge in [0, 0.05) is 0 Å². The Kier molecular flexibility index (Phi) is 13.2. The maximum absolute atomic E-state index is 5.55. The molecule has 0 unspecified atom stereocenters. The van der Waals surface area contributed by atoms with Crippen LogP contribution in [0.5, 0.6) is 0 Å². The maximum atomic E-state index is 5.55. The van der Waals surface area contributed by atoms with Crippen molar-refractivity contribution in [1.29, 1.82) is 0 Å². The Morgan fingerprint density at radius 1 is 0.696 bits per heavy atom. The third-order valence-electron chi connectivity index (χ3n) is 4.18. The fourth-order valence-electron chi connectivity index (χ4n) is 2.04. The van der Waals surface area contributed by atoms with Gasteiger partial charge < -0.3 is 0 Å². The molecule has 0 aromatic rings. The summed E-state index contributed by atoms with van der Waals surface area (Å²) in [6, 6.07) is 2.18. The van der Waals surface area contributed by atoms with Gasteiger partial charge in [-0.2, -0.15) is 0 Å². The summed E-state index contributed by atoms with van der Waals surface area (Å²) in [5.41, 5.74) is 0. The van der Waals surface area contributed by atoms with Crippen LogP contribution in [0.1, 0.15) is 12.8 Å². The molecule has 0 fully saturated rings. The monoisotopic (exact) mass is 508 g/mol. The van der Waals surface area contributed by atoms with E-state index >= 15 is 0 Å². The molecular weight excluding hydrogens is 471 g/mol. The minimum atomic E-state index is -1.99. The fourth-order valence-corrected chi connectivity index (χ4v) is 23.6. The average molecular weight is 507 g/mol. The fraction of sp³-hybridized carbons (Fsp3) is 1.00. The van der Waals surface area contributed by atoms with E-state index in [0.717, 1.165) is 12.1 Å². The number of hydrogen-bond acceptors (Lipinski definition) is 6. The van der Waals surface area contributed by atoms with E-state index in [4.69, 9.17) is 17.7 Å². The summed E-state index contributed by atoms with van der Waals surface area (Å²) >= 11 is -1.99. The van der Waals surface area contributed by atoms with E-state index in [1.165, 1.54) is 24.3 Å². The van der Waals surface area contributed by atoms with E-state index in [1.807, 2.05) is 0 Å². The summed E-state index contributed by atoms with van der Waals surface area (Å²) in [5, 5.41) is 0. The van der Waals surface area contributed by atoms with Crippen LogP contribution in [0.2, 0.25) is 35.1 Å². The van der Waals surface area contributed by atoms with Gasteiger partial charge in [-0.1, -0.05) is 0 Å². The molecule has 0 bridgehead atoms. The molecule has 140 valence electrons. The van der Waals surface area contributed by atoms with Crippen LogP contribution in [0, 0.1) is 0 Å². The van der Waals surface area contributed by atoms with Crippen LogP contribution in [0.3, 0.4) is 0 Å². The van der Waals surface area contributed by atoms with E-state index < -0.39 is 32.7 Å². The quantitative estimate of drug-likeness (QED) is 0.252. The molecule has 0 saturated carbocycles. The molecule has 23 heavy (non-hydrogen) atoms. The molecule has 0 aliphatic rings. The second-order valence-electron chi connectivity index (χ2n) is 6.39. The van der Waals surface area contributed by atoms with Crippen molar-refractivity contribution in [3.05, 3.63) is 0 Å². The van der Waals surface area contributed by atoms with Gasteiger partial charge in [-0.3, -0.25) is 0 Å². The minimum absolute atomic E-state index is 1.09. The van der Waals surface area contributed by atoms with Crippen molar-refractivity contribution in [2.24, 2.45) is 0 Å². The van der Waals surface area contributed by atoms with E-state index in [1.54, 1.807) is 28.4 Å². The predicted octanol–water partition coefficient (Wildman–Crippen LogP) is 4.66. The predicted molar refractivity (Wildman–Crippen MR) is 113 cm³/mol. The van der Waals surface area contributed by atoms with Crippen LogP contribution >= 0.6 is 17.9 Å². The normalized spacial score (nSPS) is 13.6. The summed E-state index contributed by atoms with van der Waals surface area (Å²) in [7, 11) is 7.84. The van der Waals surface area contributed by atoms with Gasteiger partial charge in [-0.15, -0.1) is 0 Å². The first-order valence-electron chi connectivity index (χ1n) is 8.14. The van der Waals surface area contributed by atoms with Crippen LogP contribution in [-0.4, -0.2) is 72.7 Å². The molecule has 4 nitrogen and oxygen atoms in total. The molecule has 0 heterocycles. The summed E-state index contributed by atoms with van der Waals surface area (Å²) in [6.07, 6.45) is 2.41. The van der Waals surface area contributed by atoms with Gasteiger partial charge in [0.15, 0.2) is 0 Å². The van der Waals surface area contributed by atoms with E-state index in [0.29, 0.717) is 0 Å². The molecule has 0 aliphatic carbocycles. The molecule has 0 aromatic carbocycles. The van der Waals surface area contributed by atoms with Crippen LogP contribution in [-0.2, 0) is 17.7 Å². The summed E-state index contributed by atoms with van der Waals surface area (Å²) < 4.78 is 22.2. The Hall–Kier alpha value is 1.77. The second kappa shape index (κ2) is 12.2. The molecule has 0 radical (unpaired) electrons. The Bertz CT molecular complexity index is 289. The van der Waals surface area contributed by atoms with Crippen LogP contribution in [0.25, 0.3) is 0 Å². The van der Waals surface area contributed by atoms with Crippen molar-refractivity contribution in [2.45, 2.75) is 47.9 Å². The van der Waals surface area contributed by atoms with Gasteiger partial charge in [-0.25, -0.2) is 0 Å². The molecule has 0 aliphatic heterocycles. The standard InChI is InChI=1S/2C6H16O2SSi.2CH3.Sn/c2*1-7-10(3,8-2)6-4-5-9;;;/h2*9H,4-6H2,1-3H3;2*1H3;/q;;;;+2/p-2. The molecule has 0 N–H and O–H groups in total. The first kappa shape index (κ1) is 24.8. The molecule has 0 rings (SSSR count). The number of hydrogen-bond donors (Lipinski definition) is 0. The summed E-state index contributed by atoms with van der Waals surface area (Å²) in [6.45, 7) is 4.29. The van der Waals surface area contributed by atoms with Crippen LogP contribution in [0.4, 0.5) is 0 Å². The van der Waals surface area contributed by atoms with Gasteiger partial charge in [0.25, 0.3) is 0 Å². The Morgan fingerprint density at radius 3 is 1.26 bits per heavy atom. The summed E-state index contributed by atoms with van der Waals surface area (Å²) in [4.78, 5) is 5.05. The third kappa shape index (κ3) is 11.2. The molecule has 0 atom stereocenters. The van der Waals surface area contributed by atoms with Gasteiger partial charge >= 0.3 is 156 Å². The van der Waals surface area contributed by atoms with Crippen molar-refractivity contribution in [2.75, 3.05) is 39.9 Å². The molecule has 0 saturated heterocycles. The zero-order valence-corrected chi connectivity index (χ0v) is 22.7. The zero-order chi connectivity index (χ0) is 18.0. The van der Waals surface area contributed by atoms with Gasteiger partial charge in [0.05, 0.1) is 0 Å². The van der Waals surface area contributed by atoms with Crippen LogP contribution < -0.4 is 0 Å². The molecular formula is C14H36O4S2Si2Sn. The summed E-state index contributed by atoms with van der Waals surface area (Å²) in [5.74, 6) is 2.49. The van der Waals surface area contributed by atoms with Crippen LogP contribution in [0.15, 0.2) is 0 Å². The molecule has 0 aromatic heterocycles. The SMILES string of the molecule is CO[Si](C)(CCC[S][Sn]([CH3])([CH3])[S]CCC[Si](C)(OC)OC)OC. The first-order chi connectivity index (χ1) is 10.7. The number of rotatable bonds is 14. The molecule has 0 spiro atoms. The van der Waals surface area contributed by atoms with Crippen molar-refractivity contribution >= 4 is 50.6 Å². The van der Waals surface area contributed by atoms with Gasteiger partial charge in [-0.05, 0) is 0 Å². The van der Waals surface area contributed by atoms with E-state index in [2.05, 4.69) is 40.9 Å². The third-order valence-corrected chi connectivity index (χ3v) is 32.7. The zero-order valence-electron chi connectivity index (χ0n) is 16.2. The topological polar surface area (TPSA) is 36.9 Å². The second-order valence-corrected chi connectivity index (χ2v) is 43.3. The van der Waals surface area contributed by atoms with Gasteiger partial charge in [0.1, 0.15) is 0 Å².